The van der Waals surface area contributed by atoms with Crippen molar-refractivity contribution < 1.29 is 4.74 Å². The average Bonchev–Trinajstić information content (AvgIpc) is 2.39. The van der Waals surface area contributed by atoms with Crippen molar-refractivity contribution >= 4 is 11.6 Å². The Bertz CT molecular complexity index is 369. The van der Waals surface area contributed by atoms with Gasteiger partial charge >= 0.3 is 0 Å². The van der Waals surface area contributed by atoms with E-state index < -0.39 is 0 Å². The van der Waals surface area contributed by atoms with E-state index in [-0.39, 0.29) is 0 Å². The lowest BCUT2D eigenvalue weighted by Crippen LogP contribution is -2.43. The summed E-state index contributed by atoms with van der Waals surface area (Å²) in [6, 6.07) is 8.61. The molecule has 0 bridgehead atoms. The number of ether oxygens (including phenoxy) is 1. The topological polar surface area (TPSA) is 21.3 Å². The van der Waals surface area contributed by atoms with Crippen molar-refractivity contribution in [2.24, 2.45) is 0 Å². The Hall–Kier alpha value is -0.570. The highest BCUT2D eigenvalue weighted by Gasteiger charge is 2.23. The zero-order chi connectivity index (χ0) is 12.8. The molecular formula is C15H22ClNO. The van der Waals surface area contributed by atoms with Gasteiger partial charge in [0.1, 0.15) is 0 Å². The summed E-state index contributed by atoms with van der Waals surface area (Å²) in [6.45, 7) is 0.991. The van der Waals surface area contributed by atoms with E-state index in [4.69, 9.17) is 16.3 Å². The third kappa shape index (κ3) is 3.98. The average molecular weight is 268 g/mol. The molecule has 2 unspecified atom stereocenters. The highest BCUT2D eigenvalue weighted by molar-refractivity contribution is 6.30. The maximum Gasteiger partial charge on any atom is 0.0724 e. The predicted octanol–water partition coefficient (Wildman–Crippen LogP) is 3.43. The molecule has 0 amide bonds. The van der Waals surface area contributed by atoms with Gasteiger partial charge in [0.15, 0.2) is 0 Å². The van der Waals surface area contributed by atoms with Crippen LogP contribution in [0, 0.1) is 0 Å². The number of methoxy groups -OCH3 is 1. The van der Waals surface area contributed by atoms with Gasteiger partial charge in [-0.25, -0.2) is 0 Å². The largest absolute Gasteiger partial charge is 0.380 e. The molecule has 0 aromatic heterocycles. The van der Waals surface area contributed by atoms with E-state index in [2.05, 4.69) is 11.4 Å². The van der Waals surface area contributed by atoms with E-state index in [1.807, 2.05) is 25.3 Å². The fraction of sp³-hybridized carbons (Fsp3) is 0.600. The number of halogens is 1. The van der Waals surface area contributed by atoms with Crippen LogP contribution in [0.5, 0.6) is 0 Å². The minimum atomic E-state index is 0.387. The Morgan fingerprint density at radius 1 is 1.33 bits per heavy atom. The van der Waals surface area contributed by atoms with E-state index in [0.29, 0.717) is 12.1 Å². The molecule has 1 aliphatic carbocycles. The van der Waals surface area contributed by atoms with Crippen LogP contribution in [0.1, 0.15) is 31.2 Å². The van der Waals surface area contributed by atoms with Crippen molar-refractivity contribution in [3.63, 3.8) is 0 Å². The molecule has 2 atom stereocenters. The van der Waals surface area contributed by atoms with Crippen LogP contribution < -0.4 is 5.32 Å². The molecular weight excluding hydrogens is 246 g/mol. The lowest BCUT2D eigenvalue weighted by Gasteiger charge is -2.31. The first-order chi connectivity index (χ1) is 8.79. The summed E-state index contributed by atoms with van der Waals surface area (Å²) in [5.41, 5.74) is 1.29. The highest BCUT2D eigenvalue weighted by Crippen LogP contribution is 2.20. The monoisotopic (exact) mass is 267 g/mol. The fourth-order valence-corrected chi connectivity index (χ4v) is 2.92. The van der Waals surface area contributed by atoms with Crippen LogP contribution in [-0.4, -0.2) is 25.8 Å². The molecule has 1 aliphatic rings. The van der Waals surface area contributed by atoms with Gasteiger partial charge in [0, 0.05) is 18.2 Å². The van der Waals surface area contributed by atoms with Gasteiger partial charge in [0.25, 0.3) is 0 Å². The molecule has 1 saturated carbocycles. The summed E-state index contributed by atoms with van der Waals surface area (Å²) in [4.78, 5) is 0. The standard InChI is InChI=1S/C15H22ClNO/c1-18-15-8-3-2-7-14(15)17-10-9-12-5-4-6-13(16)11-12/h4-6,11,14-15,17H,2-3,7-10H2,1H3. The third-order valence-corrected chi connectivity index (χ3v) is 3.95. The number of rotatable bonds is 5. The van der Waals surface area contributed by atoms with Gasteiger partial charge in [-0.2, -0.15) is 0 Å². The second-order valence-corrected chi connectivity index (χ2v) is 5.44. The fourth-order valence-electron chi connectivity index (χ4n) is 2.71. The summed E-state index contributed by atoms with van der Waals surface area (Å²) in [6.07, 6.45) is 6.44. The Balaban J connectivity index is 1.77. The van der Waals surface area contributed by atoms with Crippen LogP contribution in [0.25, 0.3) is 0 Å². The first kappa shape index (κ1) is 13.9. The Morgan fingerprint density at radius 2 is 2.17 bits per heavy atom. The molecule has 1 N–H and O–H groups in total. The Morgan fingerprint density at radius 3 is 2.94 bits per heavy atom. The summed E-state index contributed by atoms with van der Waals surface area (Å²) in [5.74, 6) is 0. The molecule has 100 valence electrons. The molecule has 0 spiro atoms. The van der Waals surface area contributed by atoms with Crippen molar-refractivity contribution in [3.8, 4) is 0 Å². The number of hydrogen-bond acceptors (Lipinski definition) is 2. The Labute approximate surface area is 115 Å². The van der Waals surface area contributed by atoms with E-state index in [1.165, 1.54) is 31.2 Å². The zero-order valence-electron chi connectivity index (χ0n) is 11.0. The van der Waals surface area contributed by atoms with Gasteiger partial charge in [-0.15, -0.1) is 0 Å². The summed E-state index contributed by atoms with van der Waals surface area (Å²) >= 11 is 5.98. The van der Waals surface area contributed by atoms with Crippen molar-refractivity contribution in [2.75, 3.05) is 13.7 Å². The second-order valence-electron chi connectivity index (χ2n) is 5.00. The van der Waals surface area contributed by atoms with Crippen molar-refractivity contribution in [1.82, 2.24) is 5.32 Å². The lowest BCUT2D eigenvalue weighted by atomic mass is 9.92. The van der Waals surface area contributed by atoms with E-state index in [0.717, 1.165) is 18.0 Å². The molecule has 0 radical (unpaired) electrons. The molecule has 0 aliphatic heterocycles. The maximum absolute atomic E-state index is 5.98. The summed E-state index contributed by atoms with van der Waals surface area (Å²) in [5, 5.41) is 4.44. The van der Waals surface area contributed by atoms with Crippen molar-refractivity contribution in [1.29, 1.82) is 0 Å². The molecule has 2 nitrogen and oxygen atoms in total. The van der Waals surface area contributed by atoms with Gasteiger partial charge in [0.2, 0.25) is 0 Å². The van der Waals surface area contributed by atoms with Gasteiger partial charge in [0.05, 0.1) is 6.10 Å². The van der Waals surface area contributed by atoms with Crippen LogP contribution >= 0.6 is 11.6 Å². The van der Waals surface area contributed by atoms with Crippen LogP contribution in [-0.2, 0) is 11.2 Å². The highest BCUT2D eigenvalue weighted by atomic mass is 35.5. The van der Waals surface area contributed by atoms with Crippen LogP contribution in [0.4, 0.5) is 0 Å². The van der Waals surface area contributed by atoms with E-state index in [1.54, 1.807) is 0 Å². The molecule has 0 saturated heterocycles. The maximum atomic E-state index is 5.98. The van der Waals surface area contributed by atoms with Crippen molar-refractivity contribution in [2.45, 2.75) is 44.2 Å². The van der Waals surface area contributed by atoms with Gasteiger partial charge in [-0.1, -0.05) is 36.6 Å². The molecule has 3 heteroatoms. The quantitative estimate of drug-likeness (QED) is 0.883. The van der Waals surface area contributed by atoms with Crippen LogP contribution in [0.15, 0.2) is 24.3 Å². The van der Waals surface area contributed by atoms with E-state index in [9.17, 15) is 0 Å². The summed E-state index contributed by atoms with van der Waals surface area (Å²) in [7, 11) is 1.82. The number of nitrogens with one attached hydrogen (secondary N) is 1. The molecule has 2 rings (SSSR count). The number of benzene rings is 1. The van der Waals surface area contributed by atoms with E-state index >= 15 is 0 Å². The molecule has 1 fully saturated rings. The molecule has 1 aromatic rings. The SMILES string of the molecule is COC1CCCCC1NCCc1cccc(Cl)c1. The molecule has 1 aromatic carbocycles. The normalized spacial score (nSPS) is 24.1. The van der Waals surface area contributed by atoms with Gasteiger partial charge in [-0.3, -0.25) is 0 Å². The van der Waals surface area contributed by atoms with Gasteiger partial charge < -0.3 is 10.1 Å². The third-order valence-electron chi connectivity index (χ3n) is 3.71. The Kier molecular flexibility index (Phi) is 5.48. The van der Waals surface area contributed by atoms with Gasteiger partial charge in [-0.05, 0) is 43.5 Å². The molecule has 0 heterocycles. The van der Waals surface area contributed by atoms with Crippen LogP contribution in [0.2, 0.25) is 5.02 Å². The smallest absolute Gasteiger partial charge is 0.0724 e. The van der Waals surface area contributed by atoms with Crippen LogP contribution in [0.3, 0.4) is 0 Å². The minimum absolute atomic E-state index is 0.387. The zero-order valence-corrected chi connectivity index (χ0v) is 11.7. The predicted molar refractivity (Wildman–Crippen MR) is 76.2 cm³/mol. The van der Waals surface area contributed by atoms with Crippen molar-refractivity contribution in [3.05, 3.63) is 34.9 Å². The number of hydrogen-bond donors (Lipinski definition) is 1. The summed E-state index contributed by atoms with van der Waals surface area (Å²) < 4.78 is 5.54. The molecule has 18 heavy (non-hydrogen) atoms. The first-order valence-electron chi connectivity index (χ1n) is 6.80. The first-order valence-corrected chi connectivity index (χ1v) is 7.18. The second kappa shape index (κ2) is 7.13. The lowest BCUT2D eigenvalue weighted by molar-refractivity contribution is 0.0421. The minimum Gasteiger partial charge on any atom is -0.380 e.